The third-order valence-electron chi connectivity index (χ3n) is 4.25. The van der Waals surface area contributed by atoms with E-state index < -0.39 is 0 Å². The Bertz CT molecular complexity index is 608. The van der Waals surface area contributed by atoms with Crippen molar-refractivity contribution in [3.63, 3.8) is 0 Å². The molecule has 0 radical (unpaired) electrons. The van der Waals surface area contributed by atoms with Gasteiger partial charge in [-0.05, 0) is 30.8 Å². The minimum atomic E-state index is -0.287. The van der Waals surface area contributed by atoms with Gasteiger partial charge < -0.3 is 20.9 Å². The lowest BCUT2D eigenvalue weighted by atomic mass is 10.2. The number of hydrogen-bond donors (Lipinski definition) is 3. The molecule has 8 heteroatoms. The number of carbonyl (C=O) groups is 2. The van der Waals surface area contributed by atoms with Crippen LogP contribution < -0.4 is 21.9 Å². The van der Waals surface area contributed by atoms with E-state index in [-0.39, 0.29) is 18.4 Å². The minimum absolute atomic E-state index is 0.00559. The topological polar surface area (TPSA) is 108 Å². The Hall–Kier alpha value is -2.58. The lowest BCUT2D eigenvalue weighted by Gasteiger charge is -2.34. The molecule has 136 valence electrons. The van der Waals surface area contributed by atoms with Gasteiger partial charge in [-0.15, -0.1) is 0 Å². The van der Waals surface area contributed by atoms with Crippen LogP contribution in [-0.2, 0) is 4.79 Å². The maximum Gasteiger partial charge on any atom is 0.251 e. The number of nitrogens with two attached hydrogens (primary N) is 2. The molecule has 2 amide bonds. The number of hydrogen-bond acceptors (Lipinski definition) is 6. The molecule has 0 aromatic heterocycles. The highest BCUT2D eigenvalue weighted by Crippen LogP contribution is 2.12. The van der Waals surface area contributed by atoms with E-state index in [1.54, 1.807) is 29.2 Å². The van der Waals surface area contributed by atoms with Crippen LogP contribution >= 0.6 is 0 Å². The molecule has 0 spiro atoms. The molecule has 1 heterocycles. The summed E-state index contributed by atoms with van der Waals surface area (Å²) in [5, 5.41) is 4.02. The highest BCUT2D eigenvalue weighted by molar-refractivity contribution is 5.96. The number of amides is 2. The van der Waals surface area contributed by atoms with Crippen LogP contribution in [0.4, 0.5) is 5.69 Å². The number of hydrazine groups is 1. The Morgan fingerprint density at radius 3 is 2.40 bits per heavy atom. The zero-order chi connectivity index (χ0) is 18.2. The summed E-state index contributed by atoms with van der Waals surface area (Å²) in [5.41, 5.74) is 6.45. The molecule has 1 saturated heterocycles. The second-order valence-corrected chi connectivity index (χ2v) is 5.79. The van der Waals surface area contributed by atoms with Gasteiger partial charge in [0, 0.05) is 44.1 Å². The van der Waals surface area contributed by atoms with Crippen LogP contribution in [0.5, 0.6) is 0 Å². The van der Waals surface area contributed by atoms with E-state index in [0.29, 0.717) is 24.3 Å². The summed E-state index contributed by atoms with van der Waals surface area (Å²) >= 11 is 0. The summed E-state index contributed by atoms with van der Waals surface area (Å²) in [7, 11) is 0. The summed E-state index contributed by atoms with van der Waals surface area (Å²) in [6.07, 6.45) is 2.83. The molecule has 1 aromatic carbocycles. The first-order chi connectivity index (χ1) is 12.0. The number of piperazine rings is 1. The maximum atomic E-state index is 12.2. The maximum absolute atomic E-state index is 12.2. The van der Waals surface area contributed by atoms with Crippen LogP contribution in [0.3, 0.4) is 0 Å². The molecule has 1 aliphatic rings. The monoisotopic (exact) mass is 346 g/mol. The first-order valence-electron chi connectivity index (χ1n) is 8.36. The number of carbonyl (C=O) groups excluding carboxylic acids is 2. The first kappa shape index (κ1) is 18.8. The molecule has 1 aromatic rings. The lowest BCUT2D eigenvalue weighted by Crippen LogP contribution is -2.51. The third kappa shape index (κ3) is 5.20. The third-order valence-corrected chi connectivity index (χ3v) is 4.25. The Kier molecular flexibility index (Phi) is 6.79. The molecule has 2 rings (SSSR count). The van der Waals surface area contributed by atoms with Gasteiger partial charge in [-0.3, -0.25) is 14.6 Å². The van der Waals surface area contributed by atoms with Gasteiger partial charge in [-0.25, -0.2) is 5.84 Å². The van der Waals surface area contributed by atoms with E-state index in [0.717, 1.165) is 19.6 Å². The summed E-state index contributed by atoms with van der Waals surface area (Å²) in [5.74, 6) is 5.40. The predicted molar refractivity (Wildman–Crippen MR) is 97.5 cm³/mol. The summed E-state index contributed by atoms with van der Waals surface area (Å²) in [6.45, 7) is 6.28. The number of nitrogens with zero attached hydrogens (tertiary/aromatic N) is 3. The SMILES string of the molecule is CCN1CCN(C(=O)CNC(=O)c2ccc(N(N)/C=C\N)cc2)CC1. The van der Waals surface area contributed by atoms with Crippen molar-refractivity contribution in [3.8, 4) is 0 Å². The molecule has 0 atom stereocenters. The van der Waals surface area contributed by atoms with Crippen molar-refractivity contribution in [1.82, 2.24) is 15.1 Å². The number of nitrogens with one attached hydrogen (secondary N) is 1. The molecule has 25 heavy (non-hydrogen) atoms. The Morgan fingerprint density at radius 2 is 1.84 bits per heavy atom. The van der Waals surface area contributed by atoms with E-state index in [1.165, 1.54) is 17.4 Å². The van der Waals surface area contributed by atoms with Crippen LogP contribution in [-0.4, -0.2) is 60.9 Å². The van der Waals surface area contributed by atoms with Crippen molar-refractivity contribution in [1.29, 1.82) is 0 Å². The average molecular weight is 346 g/mol. The van der Waals surface area contributed by atoms with Crippen molar-refractivity contribution in [3.05, 3.63) is 42.2 Å². The highest BCUT2D eigenvalue weighted by atomic mass is 16.2. The van der Waals surface area contributed by atoms with Crippen molar-refractivity contribution in [2.24, 2.45) is 11.6 Å². The average Bonchev–Trinajstić information content (AvgIpc) is 2.66. The van der Waals surface area contributed by atoms with E-state index >= 15 is 0 Å². The van der Waals surface area contributed by atoms with Crippen LogP contribution in [0.25, 0.3) is 0 Å². The van der Waals surface area contributed by atoms with Gasteiger partial charge in [0.25, 0.3) is 5.91 Å². The van der Waals surface area contributed by atoms with E-state index in [2.05, 4.69) is 17.1 Å². The van der Waals surface area contributed by atoms with Crippen molar-refractivity contribution in [2.45, 2.75) is 6.92 Å². The minimum Gasteiger partial charge on any atom is -0.403 e. The van der Waals surface area contributed by atoms with Gasteiger partial charge in [0.2, 0.25) is 5.91 Å². The van der Waals surface area contributed by atoms with Crippen LogP contribution in [0.2, 0.25) is 0 Å². The van der Waals surface area contributed by atoms with Gasteiger partial charge in [-0.1, -0.05) is 6.92 Å². The molecule has 1 fully saturated rings. The predicted octanol–water partition coefficient (Wildman–Crippen LogP) is -0.309. The van der Waals surface area contributed by atoms with Crippen LogP contribution in [0.1, 0.15) is 17.3 Å². The quantitative estimate of drug-likeness (QED) is 0.482. The Labute approximate surface area is 148 Å². The molecule has 8 nitrogen and oxygen atoms in total. The lowest BCUT2D eigenvalue weighted by molar-refractivity contribution is -0.131. The smallest absolute Gasteiger partial charge is 0.251 e. The van der Waals surface area contributed by atoms with Crippen molar-refractivity contribution in [2.75, 3.05) is 44.3 Å². The number of rotatable bonds is 6. The molecule has 0 unspecified atom stereocenters. The molecule has 0 aliphatic carbocycles. The molecule has 1 aliphatic heterocycles. The molecular formula is C17H26N6O2. The molecule has 5 N–H and O–H groups in total. The van der Waals surface area contributed by atoms with Crippen molar-refractivity contribution < 1.29 is 9.59 Å². The van der Waals surface area contributed by atoms with Gasteiger partial charge in [0.05, 0.1) is 12.2 Å². The Balaban J connectivity index is 1.82. The zero-order valence-corrected chi connectivity index (χ0v) is 14.5. The van der Waals surface area contributed by atoms with E-state index in [4.69, 9.17) is 11.6 Å². The van der Waals surface area contributed by atoms with E-state index in [1.807, 2.05) is 0 Å². The molecule has 0 saturated carbocycles. The molecule has 0 bridgehead atoms. The number of anilines is 1. The first-order valence-corrected chi connectivity index (χ1v) is 8.36. The Morgan fingerprint density at radius 1 is 1.20 bits per heavy atom. The normalized spacial score (nSPS) is 15.4. The fourth-order valence-corrected chi connectivity index (χ4v) is 2.65. The van der Waals surface area contributed by atoms with Gasteiger partial charge in [0.15, 0.2) is 0 Å². The largest absolute Gasteiger partial charge is 0.403 e. The highest BCUT2D eigenvalue weighted by Gasteiger charge is 2.20. The zero-order valence-electron chi connectivity index (χ0n) is 14.5. The summed E-state index contributed by atoms with van der Waals surface area (Å²) in [4.78, 5) is 28.5. The number of likely N-dealkylation sites (N-methyl/N-ethyl adjacent to an activating group) is 1. The van der Waals surface area contributed by atoms with E-state index in [9.17, 15) is 9.59 Å². The summed E-state index contributed by atoms with van der Waals surface area (Å²) in [6, 6.07) is 6.72. The van der Waals surface area contributed by atoms with Crippen LogP contribution in [0.15, 0.2) is 36.7 Å². The van der Waals surface area contributed by atoms with Gasteiger partial charge >= 0.3 is 0 Å². The van der Waals surface area contributed by atoms with Crippen molar-refractivity contribution >= 4 is 17.5 Å². The second kappa shape index (κ2) is 9.05. The number of benzene rings is 1. The van der Waals surface area contributed by atoms with Gasteiger partial charge in [-0.2, -0.15) is 0 Å². The summed E-state index contributed by atoms with van der Waals surface area (Å²) < 4.78 is 0. The fraction of sp³-hybridized carbons (Fsp3) is 0.412. The second-order valence-electron chi connectivity index (χ2n) is 5.79. The van der Waals surface area contributed by atoms with Gasteiger partial charge in [0.1, 0.15) is 0 Å². The van der Waals surface area contributed by atoms with Crippen LogP contribution in [0, 0.1) is 0 Å². The molecular weight excluding hydrogens is 320 g/mol. The standard InChI is InChI=1S/C17H26N6O2/c1-2-21-9-11-22(12-10-21)16(24)13-20-17(25)14-3-5-15(6-4-14)23(19)8-7-18/h3-8H,2,9-13,18-19H2,1H3,(H,20,25)/b8-7-. The fourth-order valence-electron chi connectivity index (χ4n) is 2.65.